The summed E-state index contributed by atoms with van der Waals surface area (Å²) in [6.45, 7) is 1.10. The average Bonchev–Trinajstić information content (AvgIpc) is 2.62. The number of hydrogen-bond donors (Lipinski definition) is 1. The van der Waals surface area contributed by atoms with Crippen molar-refractivity contribution in [1.29, 1.82) is 0 Å². The quantitative estimate of drug-likeness (QED) is 0.825. The van der Waals surface area contributed by atoms with E-state index < -0.39 is 17.9 Å². The van der Waals surface area contributed by atoms with Crippen molar-refractivity contribution in [2.24, 2.45) is 0 Å². The smallest absolute Gasteiger partial charge is 0.324 e. The van der Waals surface area contributed by atoms with E-state index in [-0.39, 0.29) is 5.82 Å². The molecule has 0 spiro atoms. The van der Waals surface area contributed by atoms with E-state index in [0.717, 1.165) is 25.0 Å². The van der Waals surface area contributed by atoms with Crippen LogP contribution in [0.4, 0.5) is 23.8 Å². The maximum absolute atomic E-state index is 12.5. The van der Waals surface area contributed by atoms with Crippen LogP contribution in [-0.2, 0) is 6.18 Å². The molecular formula is C17H16ClF3N4O. The van der Waals surface area contributed by atoms with Crippen LogP contribution in [-0.4, -0.2) is 34.2 Å². The molecule has 138 valence electrons. The number of nitrogens with zero attached hydrogens (tertiary/aromatic N) is 3. The maximum atomic E-state index is 12.5. The van der Waals surface area contributed by atoms with Crippen molar-refractivity contribution < 1.29 is 18.0 Å². The summed E-state index contributed by atoms with van der Waals surface area (Å²) in [5.74, 6) is 0.338. The van der Waals surface area contributed by atoms with Crippen LogP contribution in [0.1, 0.15) is 30.0 Å². The van der Waals surface area contributed by atoms with Crippen molar-refractivity contribution in [3.8, 4) is 0 Å². The molecule has 0 unspecified atom stereocenters. The number of aromatic nitrogens is 2. The minimum Gasteiger partial charge on any atom is -0.324 e. The standard InChI is InChI=1S/C17H16ClF3N4O/c18-13-3-1-11(2-4-13)12-7-9-25(10-8-12)16(26)22-15-6-5-14(23-24-15)17(19,20)21/h1-6,12H,7-10H2,(H,22,24,26). The van der Waals surface area contributed by atoms with Crippen molar-refractivity contribution in [2.75, 3.05) is 18.4 Å². The highest BCUT2D eigenvalue weighted by Gasteiger charge is 2.33. The van der Waals surface area contributed by atoms with Gasteiger partial charge in [-0.2, -0.15) is 13.2 Å². The molecule has 0 radical (unpaired) electrons. The number of urea groups is 1. The van der Waals surface area contributed by atoms with Gasteiger partial charge in [-0.15, -0.1) is 10.2 Å². The molecule has 1 aromatic heterocycles. The largest absolute Gasteiger partial charge is 0.435 e. The summed E-state index contributed by atoms with van der Waals surface area (Å²) in [4.78, 5) is 13.9. The molecule has 1 fully saturated rings. The highest BCUT2D eigenvalue weighted by atomic mass is 35.5. The van der Waals surface area contributed by atoms with Crippen LogP contribution < -0.4 is 5.32 Å². The number of carbonyl (C=O) groups is 1. The Kier molecular flexibility index (Phi) is 5.31. The lowest BCUT2D eigenvalue weighted by Gasteiger charge is -2.32. The van der Waals surface area contributed by atoms with Crippen molar-refractivity contribution in [3.63, 3.8) is 0 Å². The van der Waals surface area contributed by atoms with E-state index in [9.17, 15) is 18.0 Å². The summed E-state index contributed by atoms with van der Waals surface area (Å²) in [7, 11) is 0. The zero-order valence-corrected chi connectivity index (χ0v) is 14.4. The zero-order chi connectivity index (χ0) is 18.7. The van der Waals surface area contributed by atoms with Crippen LogP contribution in [0, 0.1) is 0 Å². The molecule has 0 atom stereocenters. The molecular weight excluding hydrogens is 369 g/mol. The van der Waals surface area contributed by atoms with Gasteiger partial charge in [0, 0.05) is 18.1 Å². The van der Waals surface area contributed by atoms with Crippen LogP contribution >= 0.6 is 11.6 Å². The van der Waals surface area contributed by atoms with E-state index >= 15 is 0 Å². The number of nitrogens with one attached hydrogen (secondary N) is 1. The van der Waals surface area contributed by atoms with Crippen LogP contribution in [0.25, 0.3) is 0 Å². The van der Waals surface area contributed by atoms with Gasteiger partial charge in [-0.05, 0) is 48.6 Å². The fraction of sp³-hybridized carbons (Fsp3) is 0.353. The Hall–Kier alpha value is -2.35. The lowest BCUT2D eigenvalue weighted by molar-refractivity contribution is -0.141. The Morgan fingerprint density at radius 1 is 1.08 bits per heavy atom. The van der Waals surface area contributed by atoms with Crippen molar-refractivity contribution in [1.82, 2.24) is 15.1 Å². The van der Waals surface area contributed by atoms with Gasteiger partial charge in [0.25, 0.3) is 0 Å². The number of anilines is 1. The third kappa shape index (κ3) is 4.43. The van der Waals surface area contributed by atoms with E-state index in [1.165, 1.54) is 5.56 Å². The van der Waals surface area contributed by atoms with E-state index in [4.69, 9.17) is 11.6 Å². The number of amides is 2. The average molecular weight is 385 g/mol. The summed E-state index contributed by atoms with van der Waals surface area (Å²) in [6, 6.07) is 9.15. The first-order chi connectivity index (χ1) is 12.3. The molecule has 1 N–H and O–H groups in total. The molecule has 0 saturated carbocycles. The van der Waals surface area contributed by atoms with Gasteiger partial charge in [-0.25, -0.2) is 4.79 Å². The molecule has 1 aliphatic heterocycles. The monoisotopic (exact) mass is 384 g/mol. The number of likely N-dealkylation sites (tertiary alicyclic amines) is 1. The molecule has 2 aromatic rings. The number of rotatable bonds is 2. The van der Waals surface area contributed by atoms with E-state index in [2.05, 4.69) is 15.5 Å². The first-order valence-electron chi connectivity index (χ1n) is 8.05. The molecule has 0 bridgehead atoms. The molecule has 5 nitrogen and oxygen atoms in total. The zero-order valence-electron chi connectivity index (χ0n) is 13.6. The molecule has 1 saturated heterocycles. The highest BCUT2D eigenvalue weighted by molar-refractivity contribution is 6.30. The van der Waals surface area contributed by atoms with Crippen LogP contribution in [0.5, 0.6) is 0 Å². The second kappa shape index (κ2) is 7.49. The van der Waals surface area contributed by atoms with Gasteiger partial charge in [0.15, 0.2) is 11.5 Å². The third-order valence-corrected chi connectivity index (χ3v) is 4.57. The van der Waals surface area contributed by atoms with Gasteiger partial charge in [-0.1, -0.05) is 23.7 Å². The predicted molar refractivity (Wildman–Crippen MR) is 91.1 cm³/mol. The number of piperidine rings is 1. The Morgan fingerprint density at radius 3 is 2.27 bits per heavy atom. The Morgan fingerprint density at radius 2 is 1.73 bits per heavy atom. The number of benzene rings is 1. The normalized spacial score (nSPS) is 15.8. The molecule has 2 amide bonds. The number of alkyl halides is 3. The van der Waals surface area contributed by atoms with E-state index in [1.54, 1.807) is 4.90 Å². The Bertz CT molecular complexity index is 757. The van der Waals surface area contributed by atoms with E-state index in [0.29, 0.717) is 24.0 Å². The number of halogens is 4. The minimum absolute atomic E-state index is 0.0113. The predicted octanol–water partition coefficient (Wildman–Crippen LogP) is 4.56. The summed E-state index contributed by atoms with van der Waals surface area (Å²) < 4.78 is 37.4. The molecule has 0 aliphatic carbocycles. The third-order valence-electron chi connectivity index (χ3n) is 4.31. The molecule has 3 rings (SSSR count). The van der Waals surface area contributed by atoms with Gasteiger partial charge in [0.05, 0.1) is 0 Å². The Balaban J connectivity index is 1.54. The van der Waals surface area contributed by atoms with Crippen molar-refractivity contribution in [2.45, 2.75) is 24.9 Å². The second-order valence-corrected chi connectivity index (χ2v) is 6.48. The lowest BCUT2D eigenvalue weighted by atomic mass is 9.90. The summed E-state index contributed by atoms with van der Waals surface area (Å²) >= 11 is 5.89. The van der Waals surface area contributed by atoms with Gasteiger partial charge in [-0.3, -0.25) is 5.32 Å². The fourth-order valence-electron chi connectivity index (χ4n) is 2.89. The topological polar surface area (TPSA) is 58.1 Å². The second-order valence-electron chi connectivity index (χ2n) is 6.04. The minimum atomic E-state index is -4.56. The van der Waals surface area contributed by atoms with Crippen molar-refractivity contribution in [3.05, 3.63) is 52.7 Å². The molecule has 1 aromatic carbocycles. The lowest BCUT2D eigenvalue weighted by Crippen LogP contribution is -2.40. The Labute approximate surface area is 153 Å². The van der Waals surface area contributed by atoms with Crippen LogP contribution in [0.2, 0.25) is 5.02 Å². The molecule has 26 heavy (non-hydrogen) atoms. The van der Waals surface area contributed by atoms with E-state index in [1.807, 2.05) is 24.3 Å². The first kappa shape index (κ1) is 18.4. The number of hydrogen-bond acceptors (Lipinski definition) is 3. The van der Waals surface area contributed by atoms with Gasteiger partial charge < -0.3 is 4.90 Å². The van der Waals surface area contributed by atoms with Gasteiger partial charge in [0.2, 0.25) is 0 Å². The maximum Gasteiger partial charge on any atom is 0.435 e. The summed E-state index contributed by atoms with van der Waals surface area (Å²) in [5.41, 5.74) is 0.0855. The highest BCUT2D eigenvalue weighted by Crippen LogP contribution is 2.29. The SMILES string of the molecule is O=C(Nc1ccc(C(F)(F)F)nn1)N1CCC(c2ccc(Cl)cc2)CC1. The molecule has 1 aliphatic rings. The molecule has 2 heterocycles. The summed E-state index contributed by atoms with van der Waals surface area (Å²) in [5, 5.41) is 9.66. The first-order valence-corrected chi connectivity index (χ1v) is 8.43. The van der Waals surface area contributed by atoms with Gasteiger partial charge >= 0.3 is 12.2 Å². The van der Waals surface area contributed by atoms with Crippen LogP contribution in [0.15, 0.2) is 36.4 Å². The van der Waals surface area contributed by atoms with Gasteiger partial charge in [0.1, 0.15) is 0 Å². The molecule has 9 heteroatoms. The van der Waals surface area contributed by atoms with Crippen molar-refractivity contribution >= 4 is 23.4 Å². The fourth-order valence-corrected chi connectivity index (χ4v) is 3.02. The number of carbonyl (C=O) groups excluding carboxylic acids is 1. The summed E-state index contributed by atoms with van der Waals surface area (Å²) in [6.07, 6.45) is -2.96. The van der Waals surface area contributed by atoms with Crippen LogP contribution in [0.3, 0.4) is 0 Å².